The fourth-order valence-corrected chi connectivity index (χ4v) is 3.49. The molecule has 0 aliphatic carbocycles. The van der Waals surface area contributed by atoms with Crippen LogP contribution in [-0.2, 0) is 25.4 Å². The van der Waals surface area contributed by atoms with Crippen molar-refractivity contribution in [2.75, 3.05) is 6.61 Å². The van der Waals surface area contributed by atoms with Gasteiger partial charge in [-0.3, -0.25) is 23.3 Å². The second-order valence-electron chi connectivity index (χ2n) is 6.92. The molecule has 0 aliphatic rings. The molecule has 0 fully saturated rings. The Morgan fingerprint density at radius 3 is 2.34 bits per heavy atom. The van der Waals surface area contributed by atoms with Crippen molar-refractivity contribution in [3.8, 4) is 5.88 Å². The molecule has 162 valence electrons. The fraction of sp³-hybridized carbons (Fsp3) is 0.250. The molecule has 11 nitrogen and oxygen atoms in total. The summed E-state index contributed by atoms with van der Waals surface area (Å²) in [5, 5.41) is 10.9. The summed E-state index contributed by atoms with van der Waals surface area (Å²) in [7, 11) is 2.70. The number of nitrogens with zero attached hydrogens (tertiary/aromatic N) is 5. The molecule has 0 saturated heterocycles. The number of rotatable bonds is 4. The van der Waals surface area contributed by atoms with E-state index in [-0.39, 0.29) is 59.7 Å². The Bertz CT molecular complexity index is 1530. The van der Waals surface area contributed by atoms with Gasteiger partial charge in [-0.2, -0.15) is 4.98 Å². The first-order valence-electron chi connectivity index (χ1n) is 9.42. The number of hydrogen-bond donors (Lipinski definition) is 1. The Balaban J connectivity index is 0.00000289. The number of aryl methyl sites for hydroxylation is 1. The summed E-state index contributed by atoms with van der Waals surface area (Å²) >= 11 is 0. The molecule has 0 aliphatic heterocycles. The Hall–Kier alpha value is -3.15. The minimum absolute atomic E-state index is 0. The zero-order valence-corrected chi connectivity index (χ0v) is 17.0. The van der Waals surface area contributed by atoms with E-state index >= 15 is 0 Å². The zero-order valence-electron chi connectivity index (χ0n) is 17.0. The van der Waals surface area contributed by atoms with E-state index < -0.39 is 34.2 Å². The SMILES string of the molecule is CCOC(=O)c1c(O)n2c3c(=O)n(C)c(=O)n(C)c3nc2n(Cc2ccccc2)c1=O.[NaH]. The maximum absolute atomic E-state index is 13.2. The molecule has 3 heterocycles. The first kappa shape index (κ1) is 23.5. The summed E-state index contributed by atoms with van der Waals surface area (Å²) in [6, 6.07) is 8.93. The number of carbonyl (C=O) groups excluding carboxylic acids is 1. The number of benzene rings is 1. The molecular formula is C20H20N5NaO6. The van der Waals surface area contributed by atoms with Crippen LogP contribution in [0.2, 0.25) is 0 Å². The van der Waals surface area contributed by atoms with Crippen molar-refractivity contribution in [2.45, 2.75) is 13.5 Å². The molecule has 4 rings (SSSR count). The van der Waals surface area contributed by atoms with Crippen LogP contribution >= 0.6 is 0 Å². The van der Waals surface area contributed by atoms with E-state index in [0.29, 0.717) is 0 Å². The molecular weight excluding hydrogens is 429 g/mol. The average Bonchev–Trinajstić information content (AvgIpc) is 3.16. The van der Waals surface area contributed by atoms with Crippen LogP contribution in [0.3, 0.4) is 0 Å². The number of ether oxygens (including phenoxy) is 1. The summed E-state index contributed by atoms with van der Waals surface area (Å²) in [6.45, 7) is 1.55. The van der Waals surface area contributed by atoms with Gasteiger partial charge < -0.3 is 9.84 Å². The first-order chi connectivity index (χ1) is 14.8. The van der Waals surface area contributed by atoms with Gasteiger partial charge >= 0.3 is 41.2 Å². The molecule has 0 radical (unpaired) electrons. The van der Waals surface area contributed by atoms with Crippen LogP contribution in [0.15, 0.2) is 44.7 Å². The van der Waals surface area contributed by atoms with Gasteiger partial charge in [0.2, 0.25) is 11.7 Å². The van der Waals surface area contributed by atoms with Crippen LogP contribution in [0.4, 0.5) is 0 Å². The van der Waals surface area contributed by atoms with Gasteiger partial charge in [-0.1, -0.05) is 30.3 Å². The molecule has 0 bridgehead atoms. The van der Waals surface area contributed by atoms with Crippen molar-refractivity contribution in [1.29, 1.82) is 0 Å². The molecule has 0 unspecified atom stereocenters. The number of carbonyl (C=O) groups is 1. The Morgan fingerprint density at radius 2 is 1.72 bits per heavy atom. The Kier molecular flexibility index (Phi) is 6.44. The van der Waals surface area contributed by atoms with Gasteiger partial charge in [0.05, 0.1) is 13.2 Å². The van der Waals surface area contributed by atoms with Gasteiger partial charge in [-0.05, 0) is 12.5 Å². The number of aromatic hydroxyl groups is 1. The molecule has 1 N–H and O–H groups in total. The minimum atomic E-state index is -1.03. The predicted molar refractivity (Wildman–Crippen MR) is 118 cm³/mol. The molecule has 12 heteroatoms. The summed E-state index contributed by atoms with van der Waals surface area (Å²) in [5.74, 6) is -1.90. The second-order valence-corrected chi connectivity index (χ2v) is 6.92. The Morgan fingerprint density at radius 1 is 1.06 bits per heavy atom. The van der Waals surface area contributed by atoms with Crippen molar-refractivity contribution in [3.63, 3.8) is 0 Å². The zero-order chi connectivity index (χ0) is 22.4. The molecule has 0 spiro atoms. The van der Waals surface area contributed by atoms with Crippen molar-refractivity contribution in [1.82, 2.24) is 23.1 Å². The van der Waals surface area contributed by atoms with Crippen LogP contribution in [0, 0.1) is 0 Å². The first-order valence-corrected chi connectivity index (χ1v) is 9.42. The van der Waals surface area contributed by atoms with Gasteiger partial charge in [-0.25, -0.2) is 14.0 Å². The molecule has 0 saturated carbocycles. The van der Waals surface area contributed by atoms with Gasteiger partial charge in [0.1, 0.15) is 0 Å². The van der Waals surface area contributed by atoms with E-state index in [0.717, 1.165) is 23.7 Å². The number of aromatic nitrogens is 5. The molecule has 4 aromatic rings. The third-order valence-electron chi connectivity index (χ3n) is 5.04. The van der Waals surface area contributed by atoms with Gasteiger partial charge in [0.15, 0.2) is 16.7 Å². The van der Waals surface area contributed by atoms with Crippen LogP contribution in [0.25, 0.3) is 16.9 Å². The number of imidazole rings is 1. The van der Waals surface area contributed by atoms with Gasteiger partial charge in [0.25, 0.3) is 11.1 Å². The van der Waals surface area contributed by atoms with Crippen LogP contribution < -0.4 is 16.8 Å². The van der Waals surface area contributed by atoms with Gasteiger partial charge in [-0.15, -0.1) is 0 Å². The van der Waals surface area contributed by atoms with E-state index in [1.807, 2.05) is 6.07 Å². The summed E-state index contributed by atoms with van der Waals surface area (Å²) in [6.07, 6.45) is 0. The van der Waals surface area contributed by atoms with Crippen molar-refractivity contribution in [3.05, 3.63) is 72.7 Å². The van der Waals surface area contributed by atoms with Crippen LogP contribution in [0.1, 0.15) is 22.8 Å². The third-order valence-corrected chi connectivity index (χ3v) is 5.04. The van der Waals surface area contributed by atoms with E-state index in [1.54, 1.807) is 31.2 Å². The standard InChI is InChI=1S/C20H19N5O6.Na.H/c1-4-31-18(29)12-15(26)24(10-11-8-6-5-7-9-11)19-21-14-13(25(19)16(12)27)17(28)23(3)20(30)22(14)2;;/h5-9,27H,4,10H2,1-3H3;;. The van der Waals surface area contributed by atoms with E-state index in [4.69, 9.17) is 4.74 Å². The molecule has 32 heavy (non-hydrogen) atoms. The Labute approximate surface area is 202 Å². The van der Waals surface area contributed by atoms with E-state index in [2.05, 4.69) is 4.98 Å². The molecule has 1 aromatic carbocycles. The number of fused-ring (bicyclic) bond motifs is 3. The average molecular weight is 449 g/mol. The molecule has 0 amide bonds. The topological polar surface area (TPSA) is 130 Å². The monoisotopic (exact) mass is 449 g/mol. The van der Waals surface area contributed by atoms with Gasteiger partial charge in [0, 0.05) is 14.1 Å². The third kappa shape index (κ3) is 3.48. The summed E-state index contributed by atoms with van der Waals surface area (Å²) in [5.41, 5.74) is -2.27. The van der Waals surface area contributed by atoms with Crippen molar-refractivity contribution >= 4 is 52.5 Å². The fourth-order valence-electron chi connectivity index (χ4n) is 3.49. The summed E-state index contributed by atoms with van der Waals surface area (Å²) < 4.78 is 9.09. The number of hydrogen-bond acceptors (Lipinski definition) is 7. The van der Waals surface area contributed by atoms with E-state index in [9.17, 15) is 24.3 Å². The van der Waals surface area contributed by atoms with Crippen molar-refractivity contribution < 1.29 is 14.6 Å². The molecule has 0 atom stereocenters. The van der Waals surface area contributed by atoms with Crippen LogP contribution in [0.5, 0.6) is 5.88 Å². The van der Waals surface area contributed by atoms with Crippen molar-refractivity contribution in [2.24, 2.45) is 14.1 Å². The van der Waals surface area contributed by atoms with E-state index in [1.165, 1.54) is 14.1 Å². The molecule has 3 aromatic heterocycles. The number of esters is 1. The normalized spacial score (nSPS) is 11.0. The predicted octanol–water partition coefficient (Wildman–Crippen LogP) is -0.671. The summed E-state index contributed by atoms with van der Waals surface area (Å²) in [4.78, 5) is 55.2. The quantitative estimate of drug-likeness (QED) is 0.323. The second kappa shape index (κ2) is 8.77. The van der Waals surface area contributed by atoms with Crippen LogP contribution in [-0.4, -0.2) is 70.3 Å². The maximum atomic E-state index is 13.2.